The van der Waals surface area contributed by atoms with Crippen molar-refractivity contribution in [2.24, 2.45) is 0 Å². The smallest absolute Gasteiger partial charge is 0.411 e. The van der Waals surface area contributed by atoms with Crippen LogP contribution in [-0.2, 0) is 16.1 Å². The van der Waals surface area contributed by atoms with E-state index >= 15 is 0 Å². The zero-order valence-electron chi connectivity index (χ0n) is 11.1. The van der Waals surface area contributed by atoms with E-state index in [2.05, 4.69) is 0 Å². The maximum Gasteiger partial charge on any atom is 0.411 e. The highest BCUT2D eigenvalue weighted by Gasteiger charge is 2.46. The second kappa shape index (κ2) is 5.92. The molecule has 0 aliphatic carbocycles. The highest BCUT2D eigenvalue weighted by Crippen LogP contribution is 2.25. The summed E-state index contributed by atoms with van der Waals surface area (Å²) in [7, 11) is 0. The van der Waals surface area contributed by atoms with Crippen LogP contribution in [0, 0.1) is 0 Å². The summed E-state index contributed by atoms with van der Waals surface area (Å²) < 4.78 is 5.12. The monoisotopic (exact) mass is 279 g/mol. The second-order valence-electron chi connectivity index (χ2n) is 4.88. The number of nitrogens with zero attached hydrogens (tertiary/aromatic N) is 1. The van der Waals surface area contributed by atoms with Crippen molar-refractivity contribution in [3.05, 3.63) is 35.9 Å². The molecule has 1 fully saturated rings. The van der Waals surface area contributed by atoms with Gasteiger partial charge in [-0.1, -0.05) is 30.3 Å². The van der Waals surface area contributed by atoms with Crippen LogP contribution < -0.4 is 0 Å². The first-order valence-corrected chi connectivity index (χ1v) is 6.40. The van der Waals surface area contributed by atoms with Crippen LogP contribution in [0.2, 0.25) is 0 Å². The Morgan fingerprint density at radius 2 is 2.00 bits per heavy atom. The number of aliphatic hydroxyl groups excluding tert-OH is 1. The summed E-state index contributed by atoms with van der Waals surface area (Å²) in [4.78, 5) is 24.2. The van der Waals surface area contributed by atoms with Crippen LogP contribution in [-0.4, -0.2) is 45.4 Å². The number of carboxylic acids is 1. The summed E-state index contributed by atoms with van der Waals surface area (Å²) >= 11 is 0. The van der Waals surface area contributed by atoms with Crippen LogP contribution in [0.25, 0.3) is 0 Å². The Labute approximate surface area is 116 Å². The average Bonchev–Trinajstić information content (AvgIpc) is 2.72. The third-order valence-corrected chi connectivity index (χ3v) is 3.39. The number of aliphatic hydroxyl groups is 1. The van der Waals surface area contributed by atoms with Crippen molar-refractivity contribution < 1.29 is 24.5 Å². The lowest BCUT2D eigenvalue weighted by Crippen LogP contribution is -2.47. The van der Waals surface area contributed by atoms with Crippen LogP contribution in [0.1, 0.15) is 18.9 Å². The van der Waals surface area contributed by atoms with Crippen molar-refractivity contribution in [3.63, 3.8) is 0 Å². The third kappa shape index (κ3) is 2.91. The molecule has 2 rings (SSSR count). The molecule has 1 aliphatic heterocycles. The van der Waals surface area contributed by atoms with Gasteiger partial charge in [0.25, 0.3) is 0 Å². The van der Waals surface area contributed by atoms with Crippen LogP contribution in [0.4, 0.5) is 4.79 Å². The minimum absolute atomic E-state index is 0.0747. The number of amides is 1. The van der Waals surface area contributed by atoms with Crippen molar-refractivity contribution >= 4 is 12.1 Å². The number of hydrogen-bond acceptors (Lipinski definition) is 4. The van der Waals surface area contributed by atoms with E-state index in [1.165, 1.54) is 0 Å². The van der Waals surface area contributed by atoms with Gasteiger partial charge in [0.05, 0.1) is 6.10 Å². The fraction of sp³-hybridized carbons (Fsp3) is 0.429. The van der Waals surface area contributed by atoms with E-state index in [-0.39, 0.29) is 19.1 Å². The molecule has 0 unspecified atom stereocenters. The zero-order chi connectivity index (χ0) is 14.7. The van der Waals surface area contributed by atoms with Crippen molar-refractivity contribution in [1.29, 1.82) is 0 Å². The molecule has 3 atom stereocenters. The van der Waals surface area contributed by atoms with Crippen molar-refractivity contribution in [2.45, 2.75) is 38.1 Å². The first-order valence-electron chi connectivity index (χ1n) is 6.40. The maximum absolute atomic E-state index is 12.0. The van der Waals surface area contributed by atoms with E-state index in [0.717, 1.165) is 10.5 Å². The topological polar surface area (TPSA) is 87.1 Å². The van der Waals surface area contributed by atoms with Crippen molar-refractivity contribution in [3.8, 4) is 0 Å². The molecule has 20 heavy (non-hydrogen) atoms. The molecule has 0 radical (unpaired) electrons. The van der Waals surface area contributed by atoms with Crippen LogP contribution in [0.5, 0.6) is 0 Å². The highest BCUT2D eigenvalue weighted by atomic mass is 16.6. The van der Waals surface area contributed by atoms with Gasteiger partial charge in [-0.15, -0.1) is 0 Å². The molecule has 6 nitrogen and oxygen atoms in total. The number of carbonyl (C=O) groups excluding carboxylic acids is 1. The molecule has 1 aromatic carbocycles. The van der Waals surface area contributed by atoms with Gasteiger partial charge in [0.15, 0.2) is 6.04 Å². The van der Waals surface area contributed by atoms with Gasteiger partial charge in [-0.3, -0.25) is 4.90 Å². The highest BCUT2D eigenvalue weighted by molar-refractivity contribution is 5.81. The van der Waals surface area contributed by atoms with E-state index in [4.69, 9.17) is 9.84 Å². The molecule has 1 amide bonds. The van der Waals surface area contributed by atoms with Gasteiger partial charge in [-0.25, -0.2) is 9.59 Å². The number of likely N-dealkylation sites (tertiary alicyclic amines) is 1. The quantitative estimate of drug-likeness (QED) is 0.869. The summed E-state index contributed by atoms with van der Waals surface area (Å²) in [5.74, 6) is -1.22. The molecular weight excluding hydrogens is 262 g/mol. The lowest BCUT2D eigenvalue weighted by Gasteiger charge is -2.25. The van der Waals surface area contributed by atoms with Crippen molar-refractivity contribution in [1.82, 2.24) is 4.90 Å². The molecule has 1 aromatic rings. The SMILES string of the molecule is C[C@@H]1C[C@@H](O)[C@H](C(=O)O)N1C(=O)OCc1ccccc1. The van der Waals surface area contributed by atoms with Crippen molar-refractivity contribution in [2.75, 3.05) is 0 Å². The van der Waals surface area contributed by atoms with Gasteiger partial charge >= 0.3 is 12.1 Å². The summed E-state index contributed by atoms with van der Waals surface area (Å²) in [5, 5.41) is 18.8. The molecule has 6 heteroatoms. The molecular formula is C14H17NO5. The summed E-state index contributed by atoms with van der Waals surface area (Å²) in [5.41, 5.74) is 0.820. The summed E-state index contributed by atoms with van der Waals surface area (Å²) in [6, 6.07) is 7.51. The Morgan fingerprint density at radius 1 is 1.35 bits per heavy atom. The number of rotatable bonds is 3. The van der Waals surface area contributed by atoms with Crippen LogP contribution >= 0.6 is 0 Å². The first kappa shape index (κ1) is 14.3. The number of benzene rings is 1. The fourth-order valence-corrected chi connectivity index (χ4v) is 2.42. The minimum Gasteiger partial charge on any atom is -0.480 e. The standard InChI is InChI=1S/C14H17NO5/c1-9-7-11(16)12(13(17)18)15(9)14(19)20-8-10-5-3-2-4-6-10/h2-6,9,11-12,16H,7-8H2,1H3,(H,17,18)/t9-,11-,12-/m1/s1. The molecule has 0 spiro atoms. The fourth-order valence-electron chi connectivity index (χ4n) is 2.42. The number of hydrogen-bond donors (Lipinski definition) is 2. The lowest BCUT2D eigenvalue weighted by molar-refractivity contribution is -0.144. The molecule has 1 saturated heterocycles. The largest absolute Gasteiger partial charge is 0.480 e. The van der Waals surface area contributed by atoms with Gasteiger partial charge < -0.3 is 14.9 Å². The van der Waals surface area contributed by atoms with Gasteiger partial charge in [-0.2, -0.15) is 0 Å². The Morgan fingerprint density at radius 3 is 2.60 bits per heavy atom. The summed E-state index contributed by atoms with van der Waals surface area (Å²) in [6.07, 6.45) is -1.55. The number of aliphatic carboxylic acids is 1. The molecule has 0 aromatic heterocycles. The number of carbonyl (C=O) groups is 2. The Bertz CT molecular complexity index is 490. The van der Waals surface area contributed by atoms with E-state index < -0.39 is 24.2 Å². The molecule has 0 saturated carbocycles. The molecule has 0 bridgehead atoms. The van der Waals surface area contributed by atoms with Gasteiger partial charge in [0.2, 0.25) is 0 Å². The van der Waals surface area contributed by atoms with Gasteiger partial charge in [-0.05, 0) is 18.9 Å². The van der Waals surface area contributed by atoms with Gasteiger partial charge in [0.1, 0.15) is 6.61 Å². The second-order valence-corrected chi connectivity index (χ2v) is 4.88. The van der Waals surface area contributed by atoms with E-state index in [1.54, 1.807) is 6.92 Å². The lowest BCUT2D eigenvalue weighted by atomic mass is 10.1. The van der Waals surface area contributed by atoms with E-state index in [9.17, 15) is 14.7 Å². The zero-order valence-corrected chi connectivity index (χ0v) is 11.1. The Hall–Kier alpha value is -2.08. The molecule has 2 N–H and O–H groups in total. The van der Waals surface area contributed by atoms with Crippen LogP contribution in [0.15, 0.2) is 30.3 Å². The Balaban J connectivity index is 2.02. The number of ether oxygens (including phenoxy) is 1. The predicted octanol–water partition coefficient (Wildman–Crippen LogP) is 1.23. The van der Waals surface area contributed by atoms with Gasteiger partial charge in [0, 0.05) is 6.04 Å². The first-order chi connectivity index (χ1) is 9.50. The third-order valence-electron chi connectivity index (χ3n) is 3.39. The minimum atomic E-state index is -1.24. The normalized spacial score (nSPS) is 25.5. The Kier molecular flexibility index (Phi) is 4.24. The molecule has 1 aliphatic rings. The molecule has 1 heterocycles. The van der Waals surface area contributed by atoms with E-state index in [1.807, 2.05) is 30.3 Å². The summed E-state index contributed by atoms with van der Waals surface area (Å²) in [6.45, 7) is 1.77. The van der Waals surface area contributed by atoms with E-state index in [0.29, 0.717) is 0 Å². The molecule has 108 valence electrons. The van der Waals surface area contributed by atoms with Crippen LogP contribution in [0.3, 0.4) is 0 Å². The predicted molar refractivity (Wildman–Crippen MR) is 70.0 cm³/mol. The number of carboxylic acid groups (broad SMARTS) is 1. The maximum atomic E-state index is 12.0. The average molecular weight is 279 g/mol.